The number of nitrogens with zero attached hydrogens (tertiary/aromatic N) is 2. The molecule has 3 fully saturated rings. The molecule has 2 saturated carbocycles. The first-order valence-electron chi connectivity index (χ1n) is 19.5. The van der Waals surface area contributed by atoms with E-state index in [4.69, 9.17) is 4.74 Å². The third kappa shape index (κ3) is 10.1. The lowest BCUT2D eigenvalue weighted by Gasteiger charge is -2.35. The molecule has 15 nitrogen and oxygen atoms in total. The Morgan fingerprint density at radius 2 is 1.57 bits per heavy atom. The van der Waals surface area contributed by atoms with E-state index in [1.165, 1.54) is 11.9 Å². The molecule has 296 valence electrons. The second-order valence-electron chi connectivity index (χ2n) is 16.2. The number of likely N-dealkylation sites (N-methyl/N-ethyl adjacent to an activating group) is 1. The Labute approximate surface area is 317 Å². The van der Waals surface area contributed by atoms with Gasteiger partial charge in [0.05, 0.1) is 12.6 Å². The Kier molecular flexibility index (Phi) is 13.2. The van der Waals surface area contributed by atoms with Crippen LogP contribution in [0.5, 0.6) is 0 Å². The fourth-order valence-corrected chi connectivity index (χ4v) is 7.62. The maximum atomic E-state index is 14.2. The minimum atomic E-state index is -1.19. The first-order valence-corrected chi connectivity index (χ1v) is 19.5. The van der Waals surface area contributed by atoms with Gasteiger partial charge in [-0.2, -0.15) is 0 Å². The summed E-state index contributed by atoms with van der Waals surface area (Å²) >= 11 is 0. The molecule has 4 aliphatic rings. The fraction of sp³-hybridized carbons (Fsp3) is 0.667. The number of nitrogens with one attached hydrogen (secondary N) is 5. The maximum absolute atomic E-state index is 14.2. The zero-order valence-electron chi connectivity index (χ0n) is 32.2. The van der Waals surface area contributed by atoms with Crippen LogP contribution in [-0.2, 0) is 41.7 Å². The summed E-state index contributed by atoms with van der Waals surface area (Å²) in [6.07, 6.45) is 5.42. The number of hydrogen-bond donors (Lipinski definition) is 5. The lowest BCUT2D eigenvalue weighted by molar-refractivity contribution is -0.139. The Morgan fingerprint density at radius 3 is 2.20 bits per heavy atom. The summed E-state index contributed by atoms with van der Waals surface area (Å²) in [6, 6.07) is 2.81. The number of fused-ring (bicyclic) bond motifs is 1. The van der Waals surface area contributed by atoms with E-state index in [2.05, 4.69) is 26.6 Å². The van der Waals surface area contributed by atoms with E-state index in [-0.39, 0.29) is 37.3 Å². The van der Waals surface area contributed by atoms with Gasteiger partial charge in [-0.1, -0.05) is 71.2 Å². The summed E-state index contributed by atoms with van der Waals surface area (Å²) in [5, 5.41) is 13.7. The standard InChI is InChI=1S/C39H57N7O8/c1-6-28(31(47)35(50)41-26-16-17-26)42-37(52)46-22-27(54-38(53)45-19-18-23-12-10-11-15-25(23)21-45)20-29(46)33(48)44-32(39(2,3)4)36(51)43-30(34(49)40-5)24-13-8-7-9-14-24/h10-12,15,24,26-30,32H,6-9,13-14,16-22H2,1-5H3,(H,40,49)(H,41,50)(H,42,52)(H,43,51)(H,44,48)/t27-,28?,29+,30-,32+/m0/s1. The molecule has 5 N–H and O–H groups in total. The number of ether oxygens (including phenoxy) is 1. The van der Waals surface area contributed by atoms with Gasteiger partial charge in [-0.15, -0.1) is 0 Å². The van der Waals surface area contributed by atoms with Crippen LogP contribution in [0.1, 0.15) is 96.6 Å². The lowest BCUT2D eigenvalue weighted by Crippen LogP contribution is -2.61. The molecule has 5 rings (SSSR count). The number of ketones is 1. The number of hydrogen-bond acceptors (Lipinski definition) is 8. The quantitative estimate of drug-likeness (QED) is 0.201. The highest BCUT2D eigenvalue weighted by molar-refractivity contribution is 6.38. The van der Waals surface area contributed by atoms with Crippen LogP contribution in [0.4, 0.5) is 9.59 Å². The first-order chi connectivity index (χ1) is 25.7. The summed E-state index contributed by atoms with van der Waals surface area (Å²) in [6.45, 7) is 7.67. The highest BCUT2D eigenvalue weighted by Gasteiger charge is 2.46. The minimum Gasteiger partial charge on any atom is -0.444 e. The molecule has 0 radical (unpaired) electrons. The second kappa shape index (κ2) is 17.6. The summed E-state index contributed by atoms with van der Waals surface area (Å²) < 4.78 is 5.90. The monoisotopic (exact) mass is 751 g/mol. The van der Waals surface area contributed by atoms with Crippen LogP contribution in [0, 0.1) is 11.3 Å². The Balaban J connectivity index is 1.33. The smallest absolute Gasteiger partial charge is 0.410 e. The Morgan fingerprint density at radius 1 is 0.889 bits per heavy atom. The van der Waals surface area contributed by atoms with E-state index < -0.39 is 71.3 Å². The van der Waals surface area contributed by atoms with Gasteiger partial charge < -0.3 is 41.1 Å². The Hall–Kier alpha value is -4.69. The zero-order chi connectivity index (χ0) is 39.2. The van der Waals surface area contributed by atoms with Crippen LogP contribution in [0.2, 0.25) is 0 Å². The van der Waals surface area contributed by atoms with Crippen LogP contribution >= 0.6 is 0 Å². The van der Waals surface area contributed by atoms with Crippen LogP contribution in [0.25, 0.3) is 0 Å². The number of carbonyl (C=O) groups excluding carboxylic acids is 7. The van der Waals surface area contributed by atoms with Crippen LogP contribution in [0.15, 0.2) is 24.3 Å². The number of Topliss-reactive ketones (excluding diaryl/α,β-unsaturated/α-hetero) is 1. The molecular formula is C39H57N7O8. The number of amides is 7. The number of urea groups is 1. The number of carbonyl (C=O) groups is 7. The summed E-state index contributed by atoms with van der Waals surface area (Å²) in [5.41, 5.74) is 1.36. The lowest BCUT2D eigenvalue weighted by atomic mass is 9.82. The molecule has 2 aliphatic heterocycles. The van der Waals surface area contributed by atoms with Gasteiger partial charge in [-0.3, -0.25) is 24.0 Å². The van der Waals surface area contributed by atoms with Gasteiger partial charge in [-0.25, -0.2) is 9.59 Å². The molecule has 0 bridgehead atoms. The largest absolute Gasteiger partial charge is 0.444 e. The van der Waals surface area contributed by atoms with E-state index >= 15 is 0 Å². The van der Waals surface area contributed by atoms with E-state index in [0.717, 1.165) is 56.1 Å². The van der Waals surface area contributed by atoms with Crippen molar-refractivity contribution in [1.29, 1.82) is 0 Å². The molecule has 5 atom stereocenters. The van der Waals surface area contributed by atoms with Crippen LogP contribution < -0.4 is 26.6 Å². The Bertz CT molecular complexity index is 1580. The van der Waals surface area contributed by atoms with Gasteiger partial charge >= 0.3 is 12.1 Å². The fourth-order valence-electron chi connectivity index (χ4n) is 7.62. The summed E-state index contributed by atoms with van der Waals surface area (Å²) in [4.78, 5) is 96.8. The van der Waals surface area contributed by atoms with E-state index in [9.17, 15) is 33.6 Å². The maximum Gasteiger partial charge on any atom is 0.410 e. The van der Waals surface area contributed by atoms with Crippen molar-refractivity contribution in [2.45, 2.75) is 135 Å². The normalized spacial score (nSPS) is 21.8. The van der Waals surface area contributed by atoms with Gasteiger partial charge in [0.1, 0.15) is 24.2 Å². The van der Waals surface area contributed by atoms with Crippen LogP contribution in [0.3, 0.4) is 0 Å². The topological polar surface area (TPSA) is 195 Å². The molecule has 2 aliphatic carbocycles. The molecule has 54 heavy (non-hydrogen) atoms. The molecule has 1 aromatic rings. The van der Waals surface area contributed by atoms with Crippen molar-refractivity contribution in [3.05, 3.63) is 35.4 Å². The molecule has 7 amide bonds. The molecule has 15 heteroatoms. The van der Waals surface area contributed by atoms with Gasteiger partial charge in [0.2, 0.25) is 23.5 Å². The van der Waals surface area contributed by atoms with Crippen LogP contribution in [-0.4, -0.2) is 108 Å². The highest BCUT2D eigenvalue weighted by Crippen LogP contribution is 2.29. The van der Waals surface area contributed by atoms with Gasteiger partial charge in [0, 0.05) is 32.6 Å². The third-order valence-electron chi connectivity index (χ3n) is 11.0. The number of rotatable bonds is 12. The van der Waals surface area contributed by atoms with Gasteiger partial charge in [0.25, 0.3) is 5.91 Å². The third-order valence-corrected chi connectivity index (χ3v) is 11.0. The number of likely N-dealkylation sites (tertiary alicyclic amines) is 1. The molecule has 1 saturated heterocycles. The van der Waals surface area contributed by atoms with Crippen molar-refractivity contribution in [3.8, 4) is 0 Å². The molecule has 1 unspecified atom stereocenters. The van der Waals surface area contributed by atoms with Gasteiger partial charge in [0.15, 0.2) is 0 Å². The predicted molar refractivity (Wildman–Crippen MR) is 199 cm³/mol. The highest BCUT2D eigenvalue weighted by atomic mass is 16.6. The molecule has 1 aromatic carbocycles. The van der Waals surface area contributed by atoms with Crippen molar-refractivity contribution < 1.29 is 38.3 Å². The molecule has 2 heterocycles. The average molecular weight is 752 g/mol. The SMILES string of the molecule is CCC(NC(=O)N1C[C@@H](OC(=O)N2CCc3ccccc3C2)C[C@@H]1C(=O)N[C@H](C(=O)N[C@H](C(=O)NC)C1CCCCC1)C(C)(C)C)C(=O)C(=O)NC1CC1. The molecule has 0 spiro atoms. The number of benzene rings is 1. The van der Waals surface area contributed by atoms with Crippen molar-refractivity contribution >= 4 is 41.5 Å². The average Bonchev–Trinajstić information content (AvgIpc) is 3.88. The molecule has 0 aromatic heterocycles. The van der Waals surface area contributed by atoms with Crippen molar-refractivity contribution in [2.24, 2.45) is 11.3 Å². The zero-order valence-corrected chi connectivity index (χ0v) is 32.2. The van der Waals surface area contributed by atoms with Gasteiger partial charge in [-0.05, 0) is 61.0 Å². The van der Waals surface area contributed by atoms with E-state index in [1.54, 1.807) is 32.6 Å². The second-order valence-corrected chi connectivity index (χ2v) is 16.2. The van der Waals surface area contributed by atoms with E-state index in [0.29, 0.717) is 19.5 Å². The van der Waals surface area contributed by atoms with E-state index in [1.807, 2.05) is 24.3 Å². The summed E-state index contributed by atoms with van der Waals surface area (Å²) in [7, 11) is 1.52. The summed E-state index contributed by atoms with van der Waals surface area (Å²) in [5.74, 6) is -3.11. The van der Waals surface area contributed by atoms with Crippen molar-refractivity contribution in [3.63, 3.8) is 0 Å². The van der Waals surface area contributed by atoms with Crippen molar-refractivity contribution in [1.82, 2.24) is 36.4 Å². The molecular weight excluding hydrogens is 694 g/mol. The van der Waals surface area contributed by atoms with Crippen molar-refractivity contribution in [2.75, 3.05) is 20.1 Å². The minimum absolute atomic E-state index is 0.0441. The predicted octanol–water partition coefficient (Wildman–Crippen LogP) is 2.30. The first kappa shape index (κ1) is 40.5.